The van der Waals surface area contributed by atoms with Crippen LogP contribution in [0, 0.1) is 17.5 Å². The minimum absolute atomic E-state index is 0.283. The molecule has 0 aliphatic rings. The standard InChI is InChI=1S/C14H9F5O2/c15-11-6-5-10(12(16)13(11)17)14(18,19)21-9-3-1-8(7-20)2-4-9/h1-6,20H,7H2. The number of alkyl halides is 2. The Hall–Kier alpha value is -2.15. The fourth-order valence-corrected chi connectivity index (χ4v) is 1.62. The molecule has 0 aromatic heterocycles. The smallest absolute Gasteiger partial charge is 0.429 e. The van der Waals surface area contributed by atoms with Gasteiger partial charge in [-0.3, -0.25) is 0 Å². The highest BCUT2D eigenvalue weighted by Crippen LogP contribution is 2.34. The number of rotatable bonds is 4. The van der Waals surface area contributed by atoms with Gasteiger partial charge in [-0.05, 0) is 29.8 Å². The summed E-state index contributed by atoms with van der Waals surface area (Å²) in [5, 5.41) is 8.82. The van der Waals surface area contributed by atoms with E-state index in [2.05, 4.69) is 4.74 Å². The highest BCUT2D eigenvalue weighted by Gasteiger charge is 2.39. The van der Waals surface area contributed by atoms with E-state index in [1.807, 2.05) is 0 Å². The fraction of sp³-hybridized carbons (Fsp3) is 0.143. The molecule has 2 aromatic rings. The number of aliphatic hydroxyl groups excluding tert-OH is 1. The minimum atomic E-state index is -4.18. The minimum Gasteiger partial charge on any atom is -0.429 e. The molecule has 0 aliphatic heterocycles. The van der Waals surface area contributed by atoms with Gasteiger partial charge in [0.1, 0.15) is 11.3 Å². The second kappa shape index (κ2) is 5.69. The SMILES string of the molecule is OCc1ccc(OC(F)(F)c2ccc(F)c(F)c2F)cc1. The molecule has 2 rings (SSSR count). The first-order chi connectivity index (χ1) is 9.85. The maximum Gasteiger partial charge on any atom is 0.429 e. The van der Waals surface area contributed by atoms with E-state index in [-0.39, 0.29) is 12.4 Å². The summed E-state index contributed by atoms with van der Waals surface area (Å²) in [4.78, 5) is 0. The fourth-order valence-electron chi connectivity index (χ4n) is 1.62. The Kier molecular flexibility index (Phi) is 4.13. The summed E-state index contributed by atoms with van der Waals surface area (Å²) < 4.78 is 71.0. The van der Waals surface area contributed by atoms with Crippen LogP contribution in [0.3, 0.4) is 0 Å². The molecule has 0 aliphatic carbocycles. The Morgan fingerprint density at radius 3 is 2.10 bits per heavy atom. The molecule has 0 bridgehead atoms. The van der Waals surface area contributed by atoms with E-state index in [4.69, 9.17) is 5.11 Å². The second-order valence-corrected chi connectivity index (χ2v) is 4.14. The van der Waals surface area contributed by atoms with Crippen molar-refractivity contribution < 1.29 is 31.8 Å². The summed E-state index contributed by atoms with van der Waals surface area (Å²) in [6.45, 7) is -0.283. The van der Waals surface area contributed by atoms with Crippen molar-refractivity contribution in [3.05, 3.63) is 65.0 Å². The summed E-state index contributed by atoms with van der Waals surface area (Å²) >= 11 is 0. The molecule has 112 valence electrons. The second-order valence-electron chi connectivity index (χ2n) is 4.14. The largest absolute Gasteiger partial charge is 0.429 e. The average Bonchev–Trinajstić information content (AvgIpc) is 2.45. The van der Waals surface area contributed by atoms with Crippen molar-refractivity contribution in [1.82, 2.24) is 0 Å². The van der Waals surface area contributed by atoms with E-state index >= 15 is 0 Å². The lowest BCUT2D eigenvalue weighted by Gasteiger charge is -2.19. The Bertz CT molecular complexity index is 641. The Morgan fingerprint density at radius 2 is 1.52 bits per heavy atom. The van der Waals surface area contributed by atoms with Gasteiger partial charge in [0, 0.05) is 0 Å². The summed E-state index contributed by atoms with van der Waals surface area (Å²) in [6.07, 6.45) is -4.18. The van der Waals surface area contributed by atoms with Crippen LogP contribution >= 0.6 is 0 Å². The molecule has 0 fully saturated rings. The first kappa shape index (κ1) is 15.2. The number of ether oxygens (including phenoxy) is 1. The van der Waals surface area contributed by atoms with Crippen LogP contribution in [0.15, 0.2) is 36.4 Å². The third-order valence-electron chi connectivity index (χ3n) is 2.70. The lowest BCUT2D eigenvalue weighted by molar-refractivity contribution is -0.187. The normalized spacial score (nSPS) is 11.5. The zero-order chi connectivity index (χ0) is 15.6. The van der Waals surface area contributed by atoms with Gasteiger partial charge in [0.25, 0.3) is 0 Å². The molecule has 7 heteroatoms. The van der Waals surface area contributed by atoms with Gasteiger partial charge >= 0.3 is 6.11 Å². The van der Waals surface area contributed by atoms with Gasteiger partial charge in [0.05, 0.1) is 6.61 Å². The molecule has 2 aromatic carbocycles. The molecule has 21 heavy (non-hydrogen) atoms. The third kappa shape index (κ3) is 3.13. The number of halogens is 5. The lowest BCUT2D eigenvalue weighted by Crippen LogP contribution is -2.24. The first-order valence-corrected chi connectivity index (χ1v) is 5.75. The number of hydrogen-bond acceptors (Lipinski definition) is 2. The lowest BCUT2D eigenvalue weighted by atomic mass is 10.1. The van der Waals surface area contributed by atoms with Gasteiger partial charge in [0.15, 0.2) is 17.5 Å². The monoisotopic (exact) mass is 304 g/mol. The predicted molar refractivity (Wildman–Crippen MR) is 63.2 cm³/mol. The number of hydrogen-bond donors (Lipinski definition) is 1. The van der Waals surface area contributed by atoms with Crippen molar-refractivity contribution in [2.45, 2.75) is 12.7 Å². The summed E-state index contributed by atoms with van der Waals surface area (Å²) in [5.41, 5.74) is -0.947. The van der Waals surface area contributed by atoms with Gasteiger partial charge in [-0.2, -0.15) is 8.78 Å². The van der Waals surface area contributed by atoms with Crippen molar-refractivity contribution in [2.24, 2.45) is 0 Å². The van der Waals surface area contributed by atoms with Gasteiger partial charge in [-0.25, -0.2) is 13.2 Å². The maximum absolute atomic E-state index is 13.8. The summed E-state index contributed by atoms with van der Waals surface area (Å²) in [7, 11) is 0. The molecule has 0 amide bonds. The average molecular weight is 304 g/mol. The summed E-state index contributed by atoms with van der Waals surface area (Å²) in [6, 6.07) is 5.73. The van der Waals surface area contributed by atoms with Gasteiger partial charge in [-0.1, -0.05) is 12.1 Å². The van der Waals surface area contributed by atoms with Gasteiger partial charge < -0.3 is 9.84 Å². The highest BCUT2D eigenvalue weighted by molar-refractivity contribution is 5.29. The van der Waals surface area contributed by atoms with Crippen LogP contribution in [0.2, 0.25) is 0 Å². The zero-order valence-electron chi connectivity index (χ0n) is 10.4. The van der Waals surface area contributed by atoms with Gasteiger partial charge in [0.2, 0.25) is 0 Å². The predicted octanol–water partition coefficient (Wildman–Crippen LogP) is 3.72. The number of benzene rings is 2. The Balaban J connectivity index is 2.31. The van der Waals surface area contributed by atoms with Crippen LogP contribution in [0.5, 0.6) is 5.75 Å². The van der Waals surface area contributed by atoms with Crippen LogP contribution in [0.4, 0.5) is 22.0 Å². The first-order valence-electron chi connectivity index (χ1n) is 5.75. The van der Waals surface area contributed by atoms with Crippen LogP contribution in [0.1, 0.15) is 11.1 Å². The van der Waals surface area contributed by atoms with E-state index in [0.717, 1.165) is 12.1 Å². The van der Waals surface area contributed by atoms with Crippen molar-refractivity contribution in [3.8, 4) is 5.75 Å². The van der Waals surface area contributed by atoms with Crippen molar-refractivity contribution in [3.63, 3.8) is 0 Å². The molecule has 0 spiro atoms. The van der Waals surface area contributed by atoms with Crippen molar-refractivity contribution in [2.75, 3.05) is 0 Å². The van der Waals surface area contributed by atoms with E-state index in [1.54, 1.807) is 0 Å². The topological polar surface area (TPSA) is 29.5 Å². The van der Waals surface area contributed by atoms with Crippen LogP contribution in [0.25, 0.3) is 0 Å². The molecule has 0 atom stereocenters. The Labute approximate surface area is 116 Å². The molecule has 1 N–H and O–H groups in total. The third-order valence-corrected chi connectivity index (χ3v) is 2.70. The van der Waals surface area contributed by atoms with E-state index in [0.29, 0.717) is 17.7 Å². The molecular weight excluding hydrogens is 295 g/mol. The van der Waals surface area contributed by atoms with E-state index in [9.17, 15) is 22.0 Å². The van der Waals surface area contributed by atoms with Crippen LogP contribution in [-0.2, 0) is 12.7 Å². The molecule has 2 nitrogen and oxygen atoms in total. The molecule has 0 heterocycles. The molecule has 0 saturated heterocycles. The van der Waals surface area contributed by atoms with Crippen molar-refractivity contribution in [1.29, 1.82) is 0 Å². The molecule has 0 saturated carbocycles. The zero-order valence-corrected chi connectivity index (χ0v) is 10.4. The van der Waals surface area contributed by atoms with Crippen LogP contribution in [-0.4, -0.2) is 5.11 Å². The van der Waals surface area contributed by atoms with Crippen molar-refractivity contribution >= 4 is 0 Å². The van der Waals surface area contributed by atoms with Gasteiger partial charge in [-0.15, -0.1) is 0 Å². The Morgan fingerprint density at radius 1 is 0.905 bits per heavy atom. The number of aliphatic hydroxyl groups is 1. The van der Waals surface area contributed by atoms with E-state index in [1.165, 1.54) is 12.1 Å². The maximum atomic E-state index is 13.8. The van der Waals surface area contributed by atoms with Crippen LogP contribution < -0.4 is 4.74 Å². The van der Waals surface area contributed by atoms with E-state index < -0.39 is 29.1 Å². The molecular formula is C14H9F5O2. The molecule has 0 radical (unpaired) electrons. The molecule has 0 unspecified atom stereocenters. The highest BCUT2D eigenvalue weighted by atomic mass is 19.3. The quantitative estimate of drug-likeness (QED) is 0.689. The summed E-state index contributed by atoms with van der Waals surface area (Å²) in [5.74, 6) is -5.89.